The Morgan fingerprint density at radius 2 is 2.47 bits per heavy atom. The molecular formula is C12H17N5OS. The van der Waals surface area contributed by atoms with E-state index in [1.54, 1.807) is 0 Å². The Morgan fingerprint density at radius 3 is 3.16 bits per heavy atom. The number of rotatable bonds is 3. The van der Waals surface area contributed by atoms with Gasteiger partial charge in [0.05, 0.1) is 6.54 Å². The van der Waals surface area contributed by atoms with Crippen LogP contribution in [0.15, 0.2) is 0 Å². The first-order valence-corrected chi connectivity index (χ1v) is 6.92. The Morgan fingerprint density at radius 1 is 1.68 bits per heavy atom. The average Bonchev–Trinajstić information content (AvgIpc) is 2.78. The van der Waals surface area contributed by atoms with Gasteiger partial charge in [-0.1, -0.05) is 17.3 Å². The number of hydrogen-bond donors (Lipinski definition) is 3. The van der Waals surface area contributed by atoms with Crippen molar-refractivity contribution in [3.63, 3.8) is 0 Å². The molecule has 19 heavy (non-hydrogen) atoms. The second-order valence-corrected chi connectivity index (χ2v) is 5.42. The minimum Gasteiger partial charge on any atom is -0.382 e. The molecule has 0 spiro atoms. The van der Waals surface area contributed by atoms with E-state index in [2.05, 4.69) is 21.1 Å². The number of anilines is 2. The molecule has 0 bridgehead atoms. The van der Waals surface area contributed by atoms with Crippen molar-refractivity contribution in [1.29, 1.82) is 0 Å². The quantitative estimate of drug-likeness (QED) is 0.678. The summed E-state index contributed by atoms with van der Waals surface area (Å²) >= 11 is 1.28. The van der Waals surface area contributed by atoms with E-state index in [4.69, 9.17) is 17.9 Å². The highest BCUT2D eigenvalue weighted by Gasteiger charge is 2.23. The first-order chi connectivity index (χ1) is 9.11. The summed E-state index contributed by atoms with van der Waals surface area (Å²) in [5.41, 5.74) is 11.7. The Kier molecular flexibility index (Phi) is 4.24. The minimum atomic E-state index is -0.277. The van der Waals surface area contributed by atoms with E-state index in [1.807, 2.05) is 0 Å². The molecule has 1 aromatic rings. The Labute approximate surface area is 116 Å². The first-order valence-electron chi connectivity index (χ1n) is 6.10. The highest BCUT2D eigenvalue weighted by atomic mass is 32.1. The molecule has 0 saturated carbocycles. The van der Waals surface area contributed by atoms with E-state index >= 15 is 0 Å². The van der Waals surface area contributed by atoms with Gasteiger partial charge in [-0.2, -0.15) is 0 Å². The summed E-state index contributed by atoms with van der Waals surface area (Å²) in [6, 6.07) is 0.151. The average molecular weight is 279 g/mol. The summed E-state index contributed by atoms with van der Waals surface area (Å²) in [5, 5.41) is 3.34. The topological polar surface area (TPSA) is 97.3 Å². The van der Waals surface area contributed by atoms with Crippen molar-refractivity contribution < 1.29 is 4.79 Å². The molecule has 1 aliphatic heterocycles. The van der Waals surface area contributed by atoms with Gasteiger partial charge in [0.2, 0.25) is 0 Å². The third kappa shape index (κ3) is 3.16. The lowest BCUT2D eigenvalue weighted by atomic mass is 10.1. The number of hydrogen-bond acceptors (Lipinski definition) is 6. The van der Waals surface area contributed by atoms with Gasteiger partial charge in [-0.05, 0) is 12.8 Å². The summed E-state index contributed by atoms with van der Waals surface area (Å²) in [6.45, 7) is 1.82. The van der Waals surface area contributed by atoms with Crippen molar-refractivity contribution in [1.82, 2.24) is 10.3 Å². The van der Waals surface area contributed by atoms with Crippen LogP contribution >= 0.6 is 11.3 Å². The summed E-state index contributed by atoms with van der Waals surface area (Å²) in [6.07, 6.45) is 7.15. The second-order valence-electron chi connectivity index (χ2n) is 4.45. The van der Waals surface area contributed by atoms with Crippen molar-refractivity contribution in [3.05, 3.63) is 4.88 Å². The van der Waals surface area contributed by atoms with Gasteiger partial charge in [0.15, 0.2) is 5.13 Å². The Hall–Kier alpha value is -1.78. The monoisotopic (exact) mass is 279 g/mol. The van der Waals surface area contributed by atoms with Crippen molar-refractivity contribution in [2.24, 2.45) is 5.73 Å². The number of carbonyl (C=O) groups is 1. The Bertz CT molecular complexity index is 507. The van der Waals surface area contributed by atoms with Gasteiger partial charge < -0.3 is 21.7 Å². The number of nitrogen functional groups attached to an aromatic ring is 1. The van der Waals surface area contributed by atoms with Crippen molar-refractivity contribution in [3.8, 4) is 12.3 Å². The molecule has 2 heterocycles. The lowest BCUT2D eigenvalue weighted by Gasteiger charge is -2.30. The fourth-order valence-corrected chi connectivity index (χ4v) is 2.95. The number of nitrogens with one attached hydrogen (secondary N) is 1. The standard InChI is InChI=1S/C12H17N5OS/c1-2-5-15-11(18)9-10(14)16-12(19-9)17-6-3-4-8(13)7-17/h1,8H,3-7,13-14H2,(H,15,18). The zero-order valence-electron chi connectivity index (χ0n) is 10.6. The molecule has 1 unspecified atom stereocenters. The van der Waals surface area contributed by atoms with Gasteiger partial charge >= 0.3 is 0 Å². The molecule has 1 amide bonds. The summed E-state index contributed by atoms with van der Waals surface area (Å²) in [4.78, 5) is 18.6. The maximum Gasteiger partial charge on any atom is 0.266 e. The van der Waals surface area contributed by atoms with Crippen LogP contribution < -0.4 is 21.7 Å². The molecular weight excluding hydrogens is 262 g/mol. The van der Waals surface area contributed by atoms with Crippen LogP contribution in [-0.4, -0.2) is 36.6 Å². The first kappa shape index (κ1) is 13.6. The van der Waals surface area contributed by atoms with Gasteiger partial charge in [0, 0.05) is 19.1 Å². The molecule has 1 fully saturated rings. The van der Waals surface area contributed by atoms with Crippen LogP contribution in [0.2, 0.25) is 0 Å². The number of amides is 1. The number of terminal acetylenes is 1. The maximum atomic E-state index is 11.8. The largest absolute Gasteiger partial charge is 0.382 e. The molecule has 0 radical (unpaired) electrons. The van der Waals surface area contributed by atoms with Gasteiger partial charge in [-0.25, -0.2) is 4.98 Å². The fourth-order valence-electron chi connectivity index (χ4n) is 2.01. The molecule has 1 aliphatic rings. The molecule has 7 heteroatoms. The molecule has 0 aliphatic carbocycles. The molecule has 5 N–H and O–H groups in total. The zero-order chi connectivity index (χ0) is 13.8. The molecule has 102 valence electrons. The number of nitrogens with two attached hydrogens (primary N) is 2. The van der Waals surface area contributed by atoms with Crippen LogP contribution in [0.3, 0.4) is 0 Å². The lowest BCUT2D eigenvalue weighted by molar-refractivity contribution is 0.0963. The number of nitrogens with zero attached hydrogens (tertiary/aromatic N) is 2. The van der Waals surface area contributed by atoms with Crippen molar-refractivity contribution in [2.45, 2.75) is 18.9 Å². The minimum absolute atomic E-state index is 0.151. The summed E-state index contributed by atoms with van der Waals surface area (Å²) in [5.74, 6) is 2.32. The van der Waals surface area contributed by atoms with Gasteiger partial charge in [-0.15, -0.1) is 6.42 Å². The molecule has 0 aromatic carbocycles. The molecule has 1 atom stereocenters. The summed E-state index contributed by atoms with van der Waals surface area (Å²) < 4.78 is 0. The van der Waals surface area contributed by atoms with E-state index in [0.717, 1.165) is 31.1 Å². The van der Waals surface area contributed by atoms with E-state index < -0.39 is 0 Å². The van der Waals surface area contributed by atoms with Gasteiger partial charge in [-0.3, -0.25) is 4.79 Å². The molecule has 1 aromatic heterocycles. The second kappa shape index (κ2) is 5.91. The predicted octanol–water partition coefficient (Wildman–Crippen LogP) is 0.0158. The van der Waals surface area contributed by atoms with E-state index in [1.165, 1.54) is 11.3 Å². The van der Waals surface area contributed by atoms with E-state index in [-0.39, 0.29) is 24.3 Å². The fraction of sp³-hybridized carbons (Fsp3) is 0.500. The zero-order valence-corrected chi connectivity index (χ0v) is 11.4. The third-order valence-corrected chi connectivity index (χ3v) is 4.06. The van der Waals surface area contributed by atoms with Gasteiger partial charge in [0.25, 0.3) is 5.91 Å². The number of aromatic nitrogens is 1. The van der Waals surface area contributed by atoms with Crippen LogP contribution in [0, 0.1) is 12.3 Å². The number of carbonyl (C=O) groups excluding carboxylic acids is 1. The van der Waals surface area contributed by atoms with Crippen LogP contribution in [-0.2, 0) is 0 Å². The van der Waals surface area contributed by atoms with Crippen LogP contribution in [0.5, 0.6) is 0 Å². The Balaban J connectivity index is 2.12. The van der Waals surface area contributed by atoms with Crippen LogP contribution in [0.25, 0.3) is 0 Å². The highest BCUT2D eigenvalue weighted by Crippen LogP contribution is 2.29. The van der Waals surface area contributed by atoms with Crippen LogP contribution in [0.4, 0.5) is 10.9 Å². The van der Waals surface area contributed by atoms with Crippen molar-refractivity contribution >= 4 is 28.2 Å². The lowest BCUT2D eigenvalue weighted by Crippen LogP contribution is -2.42. The SMILES string of the molecule is C#CCNC(=O)c1sc(N2CCCC(N)C2)nc1N. The predicted molar refractivity (Wildman–Crippen MR) is 77.1 cm³/mol. The number of thiazole rings is 1. The van der Waals surface area contributed by atoms with E-state index in [9.17, 15) is 4.79 Å². The molecule has 2 rings (SSSR count). The number of piperidine rings is 1. The van der Waals surface area contributed by atoms with E-state index in [0.29, 0.717) is 4.88 Å². The third-order valence-electron chi connectivity index (χ3n) is 2.93. The van der Waals surface area contributed by atoms with Gasteiger partial charge in [0.1, 0.15) is 10.7 Å². The summed E-state index contributed by atoms with van der Waals surface area (Å²) in [7, 11) is 0. The smallest absolute Gasteiger partial charge is 0.266 e. The van der Waals surface area contributed by atoms with Crippen molar-refractivity contribution in [2.75, 3.05) is 30.3 Å². The van der Waals surface area contributed by atoms with Crippen LogP contribution in [0.1, 0.15) is 22.5 Å². The maximum absolute atomic E-state index is 11.8. The molecule has 6 nitrogen and oxygen atoms in total. The normalized spacial score (nSPS) is 18.9. The molecule has 1 saturated heterocycles. The highest BCUT2D eigenvalue weighted by molar-refractivity contribution is 7.18.